The molecule has 106 valence electrons. The summed E-state index contributed by atoms with van der Waals surface area (Å²) >= 11 is 1.42. The van der Waals surface area contributed by atoms with Gasteiger partial charge in [-0.3, -0.25) is 14.9 Å². The Labute approximate surface area is 124 Å². The van der Waals surface area contributed by atoms with E-state index in [0.29, 0.717) is 10.7 Å². The summed E-state index contributed by atoms with van der Waals surface area (Å²) in [5, 5.41) is 3.26. The fraction of sp³-hybridized carbons (Fsp3) is 0.133. The van der Waals surface area contributed by atoms with Crippen molar-refractivity contribution < 1.29 is 4.79 Å². The van der Waals surface area contributed by atoms with Crippen molar-refractivity contribution in [3.8, 4) is 0 Å². The van der Waals surface area contributed by atoms with E-state index in [9.17, 15) is 9.59 Å². The fourth-order valence-electron chi connectivity index (χ4n) is 1.94. The first-order chi connectivity index (χ1) is 10.0. The molecule has 0 spiro atoms. The molecule has 0 saturated heterocycles. The molecule has 0 aliphatic heterocycles. The average molecular weight is 299 g/mol. The zero-order chi connectivity index (χ0) is 15.0. The Bertz CT molecular complexity index is 895. The number of carbonyl (C=O) groups is 1. The number of thiazole rings is 1. The lowest BCUT2D eigenvalue weighted by Gasteiger charge is -2.02. The SMILES string of the molecule is Cc1ccc2nc(NC(=O)c3ccn(C)c(=O)c3)sc2c1. The average Bonchev–Trinajstić information content (AvgIpc) is 2.83. The summed E-state index contributed by atoms with van der Waals surface area (Å²) in [4.78, 5) is 28.0. The van der Waals surface area contributed by atoms with Crippen LogP contribution in [0, 0.1) is 6.92 Å². The summed E-state index contributed by atoms with van der Waals surface area (Å²) in [5.74, 6) is -0.330. The molecule has 0 atom stereocenters. The largest absolute Gasteiger partial charge is 0.319 e. The normalized spacial score (nSPS) is 10.8. The molecule has 0 fully saturated rings. The van der Waals surface area contributed by atoms with Gasteiger partial charge in [0.1, 0.15) is 0 Å². The Morgan fingerprint density at radius 3 is 2.86 bits per heavy atom. The number of anilines is 1. The number of nitrogens with zero attached hydrogens (tertiary/aromatic N) is 2. The van der Waals surface area contributed by atoms with Crippen LogP contribution in [0.1, 0.15) is 15.9 Å². The Kier molecular flexibility index (Phi) is 3.31. The first-order valence-electron chi connectivity index (χ1n) is 6.38. The van der Waals surface area contributed by atoms with Crippen molar-refractivity contribution >= 4 is 32.6 Å². The highest BCUT2D eigenvalue weighted by Gasteiger charge is 2.10. The summed E-state index contributed by atoms with van der Waals surface area (Å²) in [6.45, 7) is 2.01. The summed E-state index contributed by atoms with van der Waals surface area (Å²) in [6.07, 6.45) is 1.57. The first-order valence-corrected chi connectivity index (χ1v) is 7.20. The number of fused-ring (bicyclic) bond motifs is 1. The highest BCUT2D eigenvalue weighted by atomic mass is 32.1. The Balaban J connectivity index is 1.88. The minimum Gasteiger partial charge on any atom is -0.319 e. The van der Waals surface area contributed by atoms with Crippen LogP contribution in [0.5, 0.6) is 0 Å². The molecule has 0 radical (unpaired) electrons. The molecule has 5 nitrogen and oxygen atoms in total. The van der Waals surface area contributed by atoms with Gasteiger partial charge >= 0.3 is 0 Å². The maximum atomic E-state index is 12.1. The standard InChI is InChI=1S/C15H13N3O2S/c1-9-3-4-11-12(7-9)21-15(16-11)17-14(20)10-5-6-18(2)13(19)8-10/h3-8H,1-2H3,(H,16,17,20). The lowest BCUT2D eigenvalue weighted by molar-refractivity contribution is 0.102. The maximum absolute atomic E-state index is 12.1. The number of hydrogen-bond donors (Lipinski definition) is 1. The van der Waals surface area contributed by atoms with Crippen LogP contribution in [-0.2, 0) is 7.05 Å². The number of carbonyl (C=O) groups excluding carboxylic acids is 1. The Morgan fingerprint density at radius 1 is 1.29 bits per heavy atom. The van der Waals surface area contributed by atoms with Crippen molar-refractivity contribution in [2.45, 2.75) is 6.92 Å². The van der Waals surface area contributed by atoms with Crippen LogP contribution in [0.25, 0.3) is 10.2 Å². The highest BCUT2D eigenvalue weighted by Crippen LogP contribution is 2.26. The monoisotopic (exact) mass is 299 g/mol. The first kappa shape index (κ1) is 13.5. The number of aryl methyl sites for hydroxylation is 2. The number of pyridine rings is 1. The van der Waals surface area contributed by atoms with Crippen molar-refractivity contribution in [1.29, 1.82) is 0 Å². The van der Waals surface area contributed by atoms with Crippen molar-refractivity contribution in [3.05, 3.63) is 58.0 Å². The molecule has 6 heteroatoms. The number of aromatic nitrogens is 2. The molecule has 1 aromatic carbocycles. The van der Waals surface area contributed by atoms with Crippen LogP contribution >= 0.6 is 11.3 Å². The third-order valence-electron chi connectivity index (χ3n) is 3.13. The molecule has 3 rings (SSSR count). The van der Waals surface area contributed by atoms with Crippen molar-refractivity contribution in [3.63, 3.8) is 0 Å². The summed E-state index contributed by atoms with van der Waals surface area (Å²) in [7, 11) is 1.64. The fourth-order valence-corrected chi connectivity index (χ4v) is 2.90. The molecular formula is C15H13N3O2S. The van der Waals surface area contributed by atoms with Gasteiger partial charge in [0.2, 0.25) is 0 Å². The molecule has 0 saturated carbocycles. The molecule has 1 amide bonds. The number of rotatable bonds is 2. The second kappa shape index (κ2) is 5.14. The number of amides is 1. The van der Waals surface area contributed by atoms with Crippen LogP contribution in [0.3, 0.4) is 0 Å². The van der Waals surface area contributed by atoms with E-state index in [0.717, 1.165) is 15.8 Å². The molecule has 1 N–H and O–H groups in total. The van der Waals surface area contributed by atoms with Crippen LogP contribution in [0.15, 0.2) is 41.3 Å². The van der Waals surface area contributed by atoms with Crippen LogP contribution < -0.4 is 10.9 Å². The predicted octanol–water partition coefficient (Wildman–Crippen LogP) is 2.56. The zero-order valence-corrected chi connectivity index (χ0v) is 12.4. The van der Waals surface area contributed by atoms with Crippen molar-refractivity contribution in [1.82, 2.24) is 9.55 Å². The smallest absolute Gasteiger partial charge is 0.257 e. The molecular weight excluding hydrogens is 286 g/mol. The zero-order valence-electron chi connectivity index (χ0n) is 11.6. The van der Waals surface area contributed by atoms with E-state index in [4.69, 9.17) is 0 Å². The molecule has 0 aliphatic rings. The van der Waals surface area contributed by atoms with Crippen LogP contribution in [0.4, 0.5) is 5.13 Å². The van der Waals surface area contributed by atoms with E-state index < -0.39 is 0 Å². The number of nitrogens with one attached hydrogen (secondary N) is 1. The van der Waals surface area contributed by atoms with Gasteiger partial charge in [0.15, 0.2) is 5.13 Å². The molecule has 2 aromatic heterocycles. The lowest BCUT2D eigenvalue weighted by atomic mass is 10.2. The molecule has 21 heavy (non-hydrogen) atoms. The summed E-state index contributed by atoms with van der Waals surface area (Å²) in [6, 6.07) is 8.85. The van der Waals surface area contributed by atoms with Gasteiger partial charge in [-0.25, -0.2) is 4.98 Å². The van der Waals surface area contributed by atoms with Crippen molar-refractivity contribution in [2.75, 3.05) is 5.32 Å². The second-order valence-corrected chi connectivity index (χ2v) is 5.84. The van der Waals surface area contributed by atoms with E-state index in [1.807, 2.05) is 25.1 Å². The summed E-state index contributed by atoms with van der Waals surface area (Å²) < 4.78 is 2.44. The predicted molar refractivity (Wildman–Crippen MR) is 84.0 cm³/mol. The number of benzene rings is 1. The molecule has 0 bridgehead atoms. The third kappa shape index (κ3) is 2.71. The topological polar surface area (TPSA) is 64.0 Å². The second-order valence-electron chi connectivity index (χ2n) is 4.81. The van der Waals surface area contributed by atoms with E-state index in [-0.39, 0.29) is 11.5 Å². The number of hydrogen-bond acceptors (Lipinski definition) is 4. The van der Waals surface area contributed by atoms with Gasteiger partial charge in [-0.15, -0.1) is 0 Å². The Morgan fingerprint density at radius 2 is 2.10 bits per heavy atom. The quantitative estimate of drug-likeness (QED) is 0.791. The Hall–Kier alpha value is -2.47. The highest BCUT2D eigenvalue weighted by molar-refractivity contribution is 7.22. The summed E-state index contributed by atoms with van der Waals surface area (Å²) in [5.41, 5.74) is 2.11. The van der Waals surface area contributed by atoms with Gasteiger partial charge in [0.25, 0.3) is 11.5 Å². The molecule has 0 unspecified atom stereocenters. The maximum Gasteiger partial charge on any atom is 0.257 e. The van der Waals surface area contributed by atoms with Crippen LogP contribution in [0.2, 0.25) is 0 Å². The third-order valence-corrected chi connectivity index (χ3v) is 4.06. The van der Waals surface area contributed by atoms with E-state index >= 15 is 0 Å². The van der Waals surface area contributed by atoms with Gasteiger partial charge in [-0.05, 0) is 30.7 Å². The minimum atomic E-state index is -0.330. The van der Waals surface area contributed by atoms with E-state index in [2.05, 4.69) is 10.3 Å². The lowest BCUT2D eigenvalue weighted by Crippen LogP contribution is -2.19. The van der Waals surface area contributed by atoms with Gasteiger partial charge < -0.3 is 4.57 Å². The van der Waals surface area contributed by atoms with Gasteiger partial charge in [-0.1, -0.05) is 17.4 Å². The van der Waals surface area contributed by atoms with Crippen molar-refractivity contribution in [2.24, 2.45) is 7.05 Å². The molecule has 0 aliphatic carbocycles. The van der Waals surface area contributed by atoms with Gasteiger partial charge in [-0.2, -0.15) is 0 Å². The van der Waals surface area contributed by atoms with Gasteiger partial charge in [0.05, 0.1) is 10.2 Å². The molecule has 2 heterocycles. The van der Waals surface area contributed by atoms with Crippen LogP contribution in [-0.4, -0.2) is 15.5 Å². The minimum absolute atomic E-state index is 0.220. The van der Waals surface area contributed by atoms with E-state index in [1.54, 1.807) is 19.3 Å². The van der Waals surface area contributed by atoms with E-state index in [1.165, 1.54) is 22.0 Å². The molecule has 3 aromatic rings. The van der Waals surface area contributed by atoms with Gasteiger partial charge in [0, 0.05) is 24.9 Å².